The molecule has 1 saturated carbocycles. The third kappa shape index (κ3) is 8.60. The van der Waals surface area contributed by atoms with Gasteiger partial charge in [0.05, 0.1) is 17.7 Å². The Balaban J connectivity index is 1.55. The first-order valence-corrected chi connectivity index (χ1v) is 17.6. The van der Waals surface area contributed by atoms with Gasteiger partial charge in [-0.2, -0.15) is 0 Å². The van der Waals surface area contributed by atoms with Crippen LogP contribution in [0.3, 0.4) is 0 Å². The number of anilines is 1. The summed E-state index contributed by atoms with van der Waals surface area (Å²) in [5, 5.41) is 3.25. The van der Waals surface area contributed by atoms with E-state index < -0.39 is 28.5 Å². The van der Waals surface area contributed by atoms with Gasteiger partial charge >= 0.3 is 0 Å². The first-order chi connectivity index (χ1) is 22.8. The Labute approximate surface area is 278 Å². The zero-order valence-electron chi connectivity index (χ0n) is 27.0. The minimum atomic E-state index is -4.19. The lowest BCUT2D eigenvalue weighted by atomic mass is 9.94. The SMILES string of the molecule is COc1ccc(S(=O)(=O)N(CC(=O)N(Cc2ccccc2C)[C@@H](Cc2ccccc2)C(=O)NC2CCCCC2)c2ccccc2)cc1. The molecule has 246 valence electrons. The molecule has 1 N–H and O–H groups in total. The summed E-state index contributed by atoms with van der Waals surface area (Å²) in [6.45, 7) is 1.62. The number of hydrogen-bond acceptors (Lipinski definition) is 5. The second-order valence-electron chi connectivity index (χ2n) is 12.0. The highest BCUT2D eigenvalue weighted by Crippen LogP contribution is 2.27. The summed E-state index contributed by atoms with van der Waals surface area (Å²) in [5.74, 6) is -0.190. The minimum absolute atomic E-state index is 0.0243. The van der Waals surface area contributed by atoms with Crippen LogP contribution in [0.25, 0.3) is 0 Å². The van der Waals surface area contributed by atoms with Crippen molar-refractivity contribution in [3.63, 3.8) is 0 Å². The van der Waals surface area contributed by atoms with Crippen molar-refractivity contribution >= 4 is 27.5 Å². The highest BCUT2D eigenvalue weighted by Gasteiger charge is 2.35. The standard InChI is InChI=1S/C38H43N3O5S/c1-29-14-12-13-17-31(29)27-40(36(26-30-15-6-3-7-16-30)38(43)39-32-18-8-4-9-19-32)37(42)28-41(33-20-10-5-11-21-33)47(44,45)35-24-22-34(46-2)23-25-35/h3,5-7,10-17,20-25,32,36H,4,8-9,18-19,26-28H2,1-2H3,(H,39,43)/t36-/m0/s1. The van der Waals surface area contributed by atoms with Gasteiger partial charge in [-0.15, -0.1) is 0 Å². The van der Waals surface area contributed by atoms with Gasteiger partial charge in [0.1, 0.15) is 18.3 Å². The predicted molar refractivity (Wildman–Crippen MR) is 185 cm³/mol. The first-order valence-electron chi connectivity index (χ1n) is 16.2. The van der Waals surface area contributed by atoms with E-state index in [1.165, 1.54) is 19.2 Å². The Morgan fingerprint density at radius 2 is 1.45 bits per heavy atom. The summed E-state index contributed by atoms with van der Waals surface area (Å²) in [5.41, 5.74) is 3.11. The lowest BCUT2D eigenvalue weighted by molar-refractivity contribution is -0.140. The molecule has 1 aliphatic carbocycles. The number of rotatable bonds is 13. The number of sulfonamides is 1. The summed E-state index contributed by atoms with van der Waals surface area (Å²) >= 11 is 0. The molecule has 4 aromatic rings. The molecule has 5 rings (SSSR count). The topological polar surface area (TPSA) is 96.0 Å². The molecule has 0 unspecified atom stereocenters. The molecule has 4 aromatic carbocycles. The van der Waals surface area contributed by atoms with Gasteiger partial charge in [0.2, 0.25) is 11.8 Å². The second-order valence-corrected chi connectivity index (χ2v) is 13.9. The summed E-state index contributed by atoms with van der Waals surface area (Å²) < 4.78 is 34.8. The minimum Gasteiger partial charge on any atom is -0.497 e. The highest BCUT2D eigenvalue weighted by molar-refractivity contribution is 7.92. The summed E-state index contributed by atoms with van der Waals surface area (Å²) in [6, 6.07) is 31.2. The van der Waals surface area contributed by atoms with Gasteiger partial charge in [0.25, 0.3) is 10.0 Å². The van der Waals surface area contributed by atoms with E-state index in [1.807, 2.05) is 61.5 Å². The Morgan fingerprint density at radius 3 is 2.09 bits per heavy atom. The number of carbonyl (C=O) groups is 2. The van der Waals surface area contributed by atoms with Gasteiger partial charge in [-0.3, -0.25) is 13.9 Å². The van der Waals surface area contributed by atoms with Crippen LogP contribution in [0.5, 0.6) is 5.75 Å². The molecule has 2 amide bonds. The summed E-state index contributed by atoms with van der Waals surface area (Å²) in [7, 11) is -2.67. The van der Waals surface area contributed by atoms with Crippen LogP contribution >= 0.6 is 0 Å². The largest absolute Gasteiger partial charge is 0.497 e. The Hall–Kier alpha value is -4.63. The van der Waals surface area contributed by atoms with E-state index in [4.69, 9.17) is 4.74 Å². The van der Waals surface area contributed by atoms with Gasteiger partial charge in [-0.1, -0.05) is 92.1 Å². The van der Waals surface area contributed by atoms with Crippen molar-refractivity contribution in [3.05, 3.63) is 126 Å². The van der Waals surface area contributed by atoms with E-state index in [-0.39, 0.29) is 29.8 Å². The Bertz CT molecular complexity index is 1720. The van der Waals surface area contributed by atoms with Crippen molar-refractivity contribution in [2.45, 2.75) is 69.0 Å². The monoisotopic (exact) mass is 653 g/mol. The third-order valence-corrected chi connectivity index (χ3v) is 10.6. The zero-order chi connectivity index (χ0) is 33.2. The molecule has 0 bridgehead atoms. The summed E-state index contributed by atoms with van der Waals surface area (Å²) in [6.07, 6.45) is 5.34. The van der Waals surface area contributed by atoms with Crippen LogP contribution < -0.4 is 14.4 Å². The van der Waals surface area contributed by atoms with E-state index in [9.17, 15) is 18.0 Å². The highest BCUT2D eigenvalue weighted by atomic mass is 32.2. The van der Waals surface area contributed by atoms with E-state index in [1.54, 1.807) is 47.4 Å². The average molecular weight is 654 g/mol. The Morgan fingerprint density at radius 1 is 0.830 bits per heavy atom. The maximum absolute atomic E-state index is 14.7. The van der Waals surface area contributed by atoms with E-state index >= 15 is 0 Å². The smallest absolute Gasteiger partial charge is 0.264 e. The summed E-state index contributed by atoms with van der Waals surface area (Å²) in [4.78, 5) is 30.5. The molecule has 0 heterocycles. The van der Waals surface area contributed by atoms with Gasteiger partial charge in [-0.25, -0.2) is 8.42 Å². The van der Waals surface area contributed by atoms with Crippen molar-refractivity contribution in [1.29, 1.82) is 0 Å². The van der Waals surface area contributed by atoms with Crippen molar-refractivity contribution in [2.24, 2.45) is 0 Å². The maximum atomic E-state index is 14.7. The molecule has 0 spiro atoms. The number of benzene rings is 4. The molecular formula is C38H43N3O5S. The molecule has 0 aromatic heterocycles. The average Bonchev–Trinajstić information content (AvgIpc) is 3.10. The van der Waals surface area contributed by atoms with Crippen molar-refractivity contribution in [3.8, 4) is 5.75 Å². The maximum Gasteiger partial charge on any atom is 0.264 e. The fourth-order valence-electron chi connectivity index (χ4n) is 6.07. The van der Waals surface area contributed by atoms with Gasteiger partial charge in [-0.05, 0) is 72.9 Å². The molecule has 1 fully saturated rings. The number of aryl methyl sites for hydroxylation is 1. The predicted octanol–water partition coefficient (Wildman–Crippen LogP) is 6.29. The fourth-order valence-corrected chi connectivity index (χ4v) is 7.48. The molecule has 0 radical (unpaired) electrons. The zero-order valence-corrected chi connectivity index (χ0v) is 27.9. The van der Waals surface area contributed by atoms with Crippen molar-refractivity contribution in [1.82, 2.24) is 10.2 Å². The third-order valence-electron chi connectivity index (χ3n) is 8.80. The lowest BCUT2D eigenvalue weighted by Gasteiger charge is -2.35. The molecule has 9 heteroatoms. The number of ether oxygens (including phenoxy) is 1. The number of nitrogens with zero attached hydrogens (tertiary/aromatic N) is 2. The molecule has 8 nitrogen and oxygen atoms in total. The second kappa shape index (κ2) is 15.8. The number of nitrogens with one attached hydrogen (secondary N) is 1. The Kier molecular flexibility index (Phi) is 11.3. The first kappa shape index (κ1) is 33.7. The molecule has 1 aliphatic rings. The van der Waals surface area contributed by atoms with Crippen LogP contribution in [0.4, 0.5) is 5.69 Å². The van der Waals surface area contributed by atoms with Gasteiger partial charge in [0, 0.05) is 19.0 Å². The number of hydrogen-bond donors (Lipinski definition) is 1. The van der Waals surface area contributed by atoms with Crippen LogP contribution in [0, 0.1) is 6.92 Å². The fraction of sp³-hybridized carbons (Fsp3) is 0.316. The van der Waals surface area contributed by atoms with E-state index in [0.717, 1.165) is 53.1 Å². The van der Waals surface area contributed by atoms with Gasteiger partial charge < -0.3 is 15.0 Å². The number of amides is 2. The van der Waals surface area contributed by atoms with Crippen LogP contribution in [0.15, 0.2) is 114 Å². The molecule has 0 aliphatic heterocycles. The number of carbonyl (C=O) groups excluding carboxylic acids is 2. The normalized spacial score (nSPS) is 14.2. The van der Waals surface area contributed by atoms with Gasteiger partial charge in [0.15, 0.2) is 0 Å². The molecule has 1 atom stereocenters. The number of para-hydroxylation sites is 1. The quantitative estimate of drug-likeness (QED) is 0.183. The van der Waals surface area contributed by atoms with Crippen molar-refractivity contribution < 1.29 is 22.7 Å². The van der Waals surface area contributed by atoms with Crippen LogP contribution in [0.1, 0.15) is 48.8 Å². The lowest BCUT2D eigenvalue weighted by Crippen LogP contribution is -2.55. The molecular weight excluding hydrogens is 611 g/mol. The van der Waals surface area contributed by atoms with Crippen LogP contribution in [0.2, 0.25) is 0 Å². The number of methoxy groups -OCH3 is 1. The van der Waals surface area contributed by atoms with Crippen LogP contribution in [-0.4, -0.2) is 50.9 Å². The van der Waals surface area contributed by atoms with Crippen LogP contribution in [-0.2, 0) is 32.6 Å². The van der Waals surface area contributed by atoms with E-state index in [2.05, 4.69) is 5.32 Å². The molecule has 0 saturated heterocycles. The van der Waals surface area contributed by atoms with Crippen molar-refractivity contribution in [2.75, 3.05) is 18.0 Å². The molecule has 47 heavy (non-hydrogen) atoms. The van der Waals surface area contributed by atoms with E-state index in [0.29, 0.717) is 11.4 Å².